The van der Waals surface area contributed by atoms with E-state index < -0.39 is 0 Å². The molecule has 0 radical (unpaired) electrons. The van der Waals surface area contributed by atoms with Crippen LogP contribution in [0, 0.1) is 0 Å². The molecule has 2 rings (SSSR count). The van der Waals surface area contributed by atoms with Crippen LogP contribution >= 0.6 is 24.0 Å². The fourth-order valence-electron chi connectivity index (χ4n) is 2.49. The number of nitrogens with zero attached hydrogens (tertiary/aromatic N) is 1. The number of furan rings is 1. The first kappa shape index (κ1) is 18.8. The smallest absolute Gasteiger partial charge is 0.239 e. The van der Waals surface area contributed by atoms with Gasteiger partial charge < -0.3 is 20.4 Å². The van der Waals surface area contributed by atoms with Crippen LogP contribution in [0.3, 0.4) is 0 Å². The molecule has 1 heterocycles. The molecule has 0 saturated heterocycles. The fourth-order valence-corrected chi connectivity index (χ4v) is 2.49. The van der Waals surface area contributed by atoms with Crippen LogP contribution in [-0.4, -0.2) is 31.5 Å². The van der Waals surface area contributed by atoms with Crippen LogP contribution in [0.2, 0.25) is 0 Å². The topological polar surface area (TPSA) is 78.7 Å². The minimum Gasteiger partial charge on any atom is -0.467 e. The molecule has 3 N–H and O–H groups in total. The van der Waals surface area contributed by atoms with E-state index in [9.17, 15) is 4.79 Å². The Kier molecular flexibility index (Phi) is 8.95. The number of aliphatic imine (C=N–C) groups is 1. The van der Waals surface area contributed by atoms with Gasteiger partial charge in [-0.2, -0.15) is 0 Å². The minimum absolute atomic E-state index is 0. The molecule has 1 fully saturated rings. The molecule has 0 aromatic carbocycles. The van der Waals surface area contributed by atoms with Gasteiger partial charge in [-0.25, -0.2) is 0 Å². The predicted octanol–water partition coefficient (Wildman–Crippen LogP) is 2.01. The summed E-state index contributed by atoms with van der Waals surface area (Å²) in [6, 6.07) is 4.06. The molecule has 0 spiro atoms. The van der Waals surface area contributed by atoms with Crippen LogP contribution in [0.4, 0.5) is 0 Å². The van der Waals surface area contributed by atoms with Crippen molar-refractivity contribution >= 4 is 35.8 Å². The van der Waals surface area contributed by atoms with Crippen LogP contribution in [0.25, 0.3) is 0 Å². The lowest BCUT2D eigenvalue weighted by Gasteiger charge is -2.23. The van der Waals surface area contributed by atoms with Crippen molar-refractivity contribution < 1.29 is 9.21 Å². The molecule has 22 heavy (non-hydrogen) atoms. The van der Waals surface area contributed by atoms with Gasteiger partial charge >= 0.3 is 0 Å². The molecule has 0 atom stereocenters. The molecular formula is C15H25IN4O2. The van der Waals surface area contributed by atoms with E-state index >= 15 is 0 Å². The first-order valence-corrected chi connectivity index (χ1v) is 7.54. The number of rotatable bonds is 5. The lowest BCUT2D eigenvalue weighted by Crippen LogP contribution is -2.45. The third-order valence-corrected chi connectivity index (χ3v) is 3.62. The number of guanidine groups is 1. The van der Waals surface area contributed by atoms with Crippen LogP contribution in [-0.2, 0) is 11.3 Å². The normalized spacial score (nSPS) is 15.8. The Morgan fingerprint density at radius 1 is 1.32 bits per heavy atom. The number of hydrogen-bond donors (Lipinski definition) is 3. The summed E-state index contributed by atoms with van der Waals surface area (Å²) in [6.07, 6.45) is 7.53. The second kappa shape index (κ2) is 10.5. The average molecular weight is 420 g/mol. The molecule has 1 amide bonds. The largest absolute Gasteiger partial charge is 0.467 e. The van der Waals surface area contributed by atoms with Gasteiger partial charge in [-0.3, -0.25) is 9.79 Å². The second-order valence-corrected chi connectivity index (χ2v) is 5.26. The van der Waals surface area contributed by atoms with Gasteiger partial charge in [0.2, 0.25) is 5.91 Å². The highest BCUT2D eigenvalue weighted by Crippen LogP contribution is 2.16. The Hall–Kier alpha value is -1.25. The highest BCUT2D eigenvalue weighted by atomic mass is 127. The molecule has 124 valence electrons. The molecule has 7 heteroatoms. The molecule has 1 aromatic rings. The van der Waals surface area contributed by atoms with E-state index in [4.69, 9.17) is 4.42 Å². The van der Waals surface area contributed by atoms with Crippen molar-refractivity contribution in [3.63, 3.8) is 0 Å². The Labute approximate surface area is 148 Å². The maximum atomic E-state index is 11.9. The monoisotopic (exact) mass is 420 g/mol. The number of halogens is 1. The first-order valence-electron chi connectivity index (χ1n) is 7.54. The van der Waals surface area contributed by atoms with Gasteiger partial charge in [-0.15, -0.1) is 24.0 Å². The SMILES string of the molecule is CN=C(NCC(=O)NC1CCCCC1)NCc1ccco1.I. The van der Waals surface area contributed by atoms with Crippen molar-refractivity contribution in [2.24, 2.45) is 4.99 Å². The predicted molar refractivity (Wildman–Crippen MR) is 97.3 cm³/mol. The van der Waals surface area contributed by atoms with Gasteiger partial charge in [0, 0.05) is 13.1 Å². The Bertz CT molecular complexity index is 456. The third kappa shape index (κ3) is 6.67. The van der Waals surface area contributed by atoms with Crippen molar-refractivity contribution in [1.82, 2.24) is 16.0 Å². The van der Waals surface area contributed by atoms with Crippen molar-refractivity contribution in [3.05, 3.63) is 24.2 Å². The summed E-state index contributed by atoms with van der Waals surface area (Å²) in [7, 11) is 1.68. The Morgan fingerprint density at radius 3 is 2.73 bits per heavy atom. The van der Waals surface area contributed by atoms with Crippen LogP contribution < -0.4 is 16.0 Å². The molecule has 0 unspecified atom stereocenters. The van der Waals surface area contributed by atoms with E-state index in [0.29, 0.717) is 18.5 Å². The number of hydrogen-bond acceptors (Lipinski definition) is 3. The summed E-state index contributed by atoms with van der Waals surface area (Å²) in [5.41, 5.74) is 0. The second-order valence-electron chi connectivity index (χ2n) is 5.26. The van der Waals surface area contributed by atoms with Gasteiger partial charge in [0.25, 0.3) is 0 Å². The third-order valence-electron chi connectivity index (χ3n) is 3.62. The molecule has 0 aliphatic heterocycles. The highest BCUT2D eigenvalue weighted by Gasteiger charge is 2.15. The molecule has 1 saturated carbocycles. The number of carbonyl (C=O) groups is 1. The maximum absolute atomic E-state index is 11.9. The molecule has 1 aromatic heterocycles. The van der Waals surface area contributed by atoms with E-state index in [0.717, 1.165) is 18.6 Å². The quantitative estimate of drug-likeness (QED) is 0.387. The summed E-state index contributed by atoms with van der Waals surface area (Å²) in [5.74, 6) is 1.43. The number of nitrogens with one attached hydrogen (secondary N) is 3. The summed E-state index contributed by atoms with van der Waals surface area (Å²) >= 11 is 0. The standard InChI is InChI=1S/C15H24N4O2.HI/c1-16-15(17-10-13-8-5-9-21-13)18-11-14(20)19-12-6-3-2-4-7-12;/h5,8-9,12H,2-4,6-7,10-11H2,1H3,(H,19,20)(H2,16,17,18);1H. The van der Waals surface area contributed by atoms with Crippen molar-refractivity contribution in [2.75, 3.05) is 13.6 Å². The molecule has 6 nitrogen and oxygen atoms in total. The van der Waals surface area contributed by atoms with Crippen LogP contribution in [0.5, 0.6) is 0 Å². The lowest BCUT2D eigenvalue weighted by atomic mass is 9.95. The highest BCUT2D eigenvalue weighted by molar-refractivity contribution is 14.0. The Balaban J connectivity index is 0.00000242. The molecular weight excluding hydrogens is 395 g/mol. The maximum Gasteiger partial charge on any atom is 0.239 e. The van der Waals surface area contributed by atoms with Crippen LogP contribution in [0.15, 0.2) is 27.8 Å². The molecule has 0 bridgehead atoms. The van der Waals surface area contributed by atoms with Gasteiger partial charge in [0.1, 0.15) is 5.76 Å². The number of amides is 1. The fraction of sp³-hybridized carbons (Fsp3) is 0.600. The summed E-state index contributed by atoms with van der Waals surface area (Å²) in [5, 5.41) is 9.17. The lowest BCUT2D eigenvalue weighted by molar-refractivity contribution is -0.120. The van der Waals surface area contributed by atoms with Crippen molar-refractivity contribution in [2.45, 2.75) is 44.7 Å². The zero-order valence-electron chi connectivity index (χ0n) is 12.9. The zero-order chi connectivity index (χ0) is 14.9. The summed E-state index contributed by atoms with van der Waals surface area (Å²) < 4.78 is 5.23. The van der Waals surface area contributed by atoms with Crippen molar-refractivity contribution in [1.29, 1.82) is 0 Å². The summed E-state index contributed by atoms with van der Waals surface area (Å²) in [4.78, 5) is 16.0. The Morgan fingerprint density at radius 2 is 2.09 bits per heavy atom. The van der Waals surface area contributed by atoms with Crippen molar-refractivity contribution in [3.8, 4) is 0 Å². The van der Waals surface area contributed by atoms with E-state index in [2.05, 4.69) is 20.9 Å². The van der Waals surface area contributed by atoms with Gasteiger partial charge in [-0.05, 0) is 25.0 Å². The van der Waals surface area contributed by atoms with E-state index in [1.807, 2.05) is 12.1 Å². The average Bonchev–Trinajstić information content (AvgIpc) is 3.02. The van der Waals surface area contributed by atoms with Crippen LogP contribution in [0.1, 0.15) is 37.9 Å². The van der Waals surface area contributed by atoms with Gasteiger partial charge in [0.15, 0.2) is 5.96 Å². The van der Waals surface area contributed by atoms with E-state index in [1.165, 1.54) is 19.3 Å². The minimum atomic E-state index is 0. The van der Waals surface area contributed by atoms with Gasteiger partial charge in [0.05, 0.1) is 19.4 Å². The zero-order valence-corrected chi connectivity index (χ0v) is 15.3. The first-order chi connectivity index (χ1) is 10.3. The van der Waals surface area contributed by atoms with Gasteiger partial charge in [-0.1, -0.05) is 19.3 Å². The van der Waals surface area contributed by atoms with E-state index in [-0.39, 0.29) is 36.4 Å². The number of carbonyl (C=O) groups excluding carboxylic acids is 1. The molecule has 1 aliphatic rings. The summed E-state index contributed by atoms with van der Waals surface area (Å²) in [6.45, 7) is 0.769. The molecule has 1 aliphatic carbocycles. The van der Waals surface area contributed by atoms with E-state index in [1.54, 1.807) is 13.3 Å².